The average molecular weight is 597 g/mol. The Kier molecular flexibility index (Phi) is 8.11. The van der Waals surface area contributed by atoms with Gasteiger partial charge in [-0.05, 0) is 71.0 Å². The van der Waals surface area contributed by atoms with Gasteiger partial charge in [-0.15, -0.1) is 0 Å². The van der Waals surface area contributed by atoms with E-state index in [1.807, 2.05) is 31.7 Å². The normalized spacial score (nSPS) is 21.6. The highest BCUT2D eigenvalue weighted by atomic mass is 35.5. The van der Waals surface area contributed by atoms with Gasteiger partial charge in [0.15, 0.2) is 11.0 Å². The maximum Gasteiger partial charge on any atom is 0.410 e. The number of hydrogen-bond acceptors (Lipinski definition) is 8. The van der Waals surface area contributed by atoms with Gasteiger partial charge in [-0.25, -0.2) is 14.2 Å². The van der Waals surface area contributed by atoms with Crippen LogP contribution in [0.1, 0.15) is 52.0 Å². The summed E-state index contributed by atoms with van der Waals surface area (Å²) in [6, 6.07) is 10.6. The molecule has 3 aliphatic rings. The summed E-state index contributed by atoms with van der Waals surface area (Å²) in [5.41, 5.74) is 0.846. The molecular formula is C31H38ClFN6O3. The Morgan fingerprint density at radius 1 is 1.05 bits per heavy atom. The van der Waals surface area contributed by atoms with Crippen LogP contribution in [0.4, 0.5) is 15.0 Å². The molecule has 1 amide bonds. The average Bonchev–Trinajstić information content (AvgIpc) is 3.23. The lowest BCUT2D eigenvalue weighted by atomic mass is 9.97. The summed E-state index contributed by atoms with van der Waals surface area (Å²) in [5, 5.41) is 0.238. The zero-order valence-electron chi connectivity index (χ0n) is 24.4. The third-order valence-corrected chi connectivity index (χ3v) is 8.65. The molecule has 6 rings (SSSR count). The quantitative estimate of drug-likeness (QED) is 0.335. The van der Waals surface area contributed by atoms with Gasteiger partial charge in [0.05, 0.1) is 24.1 Å². The first-order valence-corrected chi connectivity index (χ1v) is 15.2. The van der Waals surface area contributed by atoms with E-state index in [2.05, 4.69) is 44.0 Å². The Morgan fingerprint density at radius 2 is 1.74 bits per heavy atom. The van der Waals surface area contributed by atoms with Crippen LogP contribution in [0.25, 0.3) is 10.9 Å². The third-order valence-electron chi connectivity index (χ3n) is 8.39. The zero-order chi connectivity index (χ0) is 29.4. The molecule has 3 aliphatic heterocycles. The van der Waals surface area contributed by atoms with E-state index in [0.717, 1.165) is 45.3 Å². The molecule has 9 nitrogen and oxygen atoms in total. The largest absolute Gasteiger partial charge is 0.463 e. The molecule has 11 heteroatoms. The number of rotatable bonds is 6. The molecule has 1 aromatic carbocycles. The molecule has 3 fully saturated rings. The summed E-state index contributed by atoms with van der Waals surface area (Å²) in [6.07, 6.45) is 4.98. The molecule has 0 saturated carbocycles. The van der Waals surface area contributed by atoms with Gasteiger partial charge >= 0.3 is 12.1 Å². The SMILES string of the molecule is CC(C)(C)OC(=O)N1C2CCC1CN(c1nc(OCC3CCN(Cc4ccccc4)CC3)nc3c(F)c(Cl)ncc13)C2. The monoisotopic (exact) mass is 596 g/mol. The Bertz CT molecular complexity index is 1420. The first-order valence-electron chi connectivity index (χ1n) is 14.8. The van der Waals surface area contributed by atoms with Crippen molar-refractivity contribution in [2.75, 3.05) is 37.7 Å². The van der Waals surface area contributed by atoms with Crippen LogP contribution in [0.3, 0.4) is 0 Å². The van der Waals surface area contributed by atoms with Gasteiger partial charge in [-0.2, -0.15) is 9.97 Å². The van der Waals surface area contributed by atoms with Crippen molar-refractivity contribution in [2.45, 2.75) is 70.7 Å². The van der Waals surface area contributed by atoms with E-state index in [1.165, 1.54) is 11.8 Å². The summed E-state index contributed by atoms with van der Waals surface area (Å²) in [5.74, 6) is 0.225. The van der Waals surface area contributed by atoms with Crippen molar-refractivity contribution in [1.82, 2.24) is 24.8 Å². The van der Waals surface area contributed by atoms with Gasteiger partial charge in [-0.3, -0.25) is 9.80 Å². The third kappa shape index (κ3) is 6.24. The first-order chi connectivity index (χ1) is 20.1. The van der Waals surface area contributed by atoms with Gasteiger partial charge in [-0.1, -0.05) is 41.9 Å². The second kappa shape index (κ2) is 11.8. The number of piperazine rings is 1. The topological polar surface area (TPSA) is 83.9 Å². The fraction of sp³-hybridized carbons (Fsp3) is 0.548. The number of benzene rings is 1. The number of ether oxygens (including phenoxy) is 2. The maximum absolute atomic E-state index is 15.2. The molecule has 42 heavy (non-hydrogen) atoms. The summed E-state index contributed by atoms with van der Waals surface area (Å²) >= 11 is 6.05. The van der Waals surface area contributed by atoms with Crippen LogP contribution in [0.2, 0.25) is 5.15 Å². The number of pyridine rings is 1. The van der Waals surface area contributed by atoms with E-state index in [0.29, 0.717) is 36.8 Å². The Balaban J connectivity index is 1.16. The predicted molar refractivity (Wildman–Crippen MR) is 159 cm³/mol. The lowest BCUT2D eigenvalue weighted by Crippen LogP contribution is -2.57. The van der Waals surface area contributed by atoms with Gasteiger partial charge in [0.25, 0.3) is 0 Å². The van der Waals surface area contributed by atoms with E-state index >= 15 is 4.39 Å². The molecule has 2 aromatic heterocycles. The zero-order valence-corrected chi connectivity index (χ0v) is 25.2. The van der Waals surface area contributed by atoms with E-state index in [9.17, 15) is 4.79 Å². The standard InChI is InChI=1S/C31H38ClFN6O3/c1-31(2,3)42-30(40)39-22-9-10-23(39)18-38(17-22)28-24-15-34-27(32)25(33)26(24)35-29(36-28)41-19-21-11-13-37(14-12-21)16-20-7-5-4-6-8-20/h4-8,15,21-23H,9-14,16-19H2,1-3H3. The molecule has 224 valence electrons. The Labute approximate surface area is 251 Å². The van der Waals surface area contributed by atoms with E-state index < -0.39 is 11.4 Å². The fourth-order valence-corrected chi connectivity index (χ4v) is 6.48. The number of halogens is 2. The number of fused-ring (bicyclic) bond motifs is 3. The minimum Gasteiger partial charge on any atom is -0.463 e. The van der Waals surface area contributed by atoms with Crippen LogP contribution >= 0.6 is 11.6 Å². The minimum absolute atomic E-state index is 0.0286. The molecule has 2 atom stereocenters. The van der Waals surface area contributed by atoms with Crippen LogP contribution in [0.5, 0.6) is 6.01 Å². The highest BCUT2D eigenvalue weighted by molar-refractivity contribution is 6.30. The summed E-state index contributed by atoms with van der Waals surface area (Å²) in [4.78, 5) is 32.6. The van der Waals surface area contributed by atoms with Crippen molar-refractivity contribution in [2.24, 2.45) is 5.92 Å². The number of aromatic nitrogens is 3. The van der Waals surface area contributed by atoms with Gasteiger partial charge < -0.3 is 14.4 Å². The second-order valence-corrected chi connectivity index (χ2v) is 13.0. The van der Waals surface area contributed by atoms with Gasteiger partial charge in [0, 0.05) is 25.8 Å². The molecular weight excluding hydrogens is 559 g/mol. The van der Waals surface area contributed by atoms with Crippen molar-refractivity contribution in [3.8, 4) is 6.01 Å². The smallest absolute Gasteiger partial charge is 0.410 e. The molecule has 3 saturated heterocycles. The van der Waals surface area contributed by atoms with Crippen molar-refractivity contribution < 1.29 is 18.7 Å². The maximum atomic E-state index is 15.2. The summed E-state index contributed by atoms with van der Waals surface area (Å²) in [7, 11) is 0. The van der Waals surface area contributed by atoms with Crippen molar-refractivity contribution in [3.05, 3.63) is 53.1 Å². The molecule has 0 spiro atoms. The first kappa shape index (κ1) is 28.9. The minimum atomic E-state index is -0.688. The van der Waals surface area contributed by atoms with Crippen LogP contribution in [-0.4, -0.2) is 81.3 Å². The lowest BCUT2D eigenvalue weighted by Gasteiger charge is -2.42. The highest BCUT2D eigenvalue weighted by Crippen LogP contribution is 2.37. The molecule has 0 radical (unpaired) electrons. The number of anilines is 1. The van der Waals surface area contributed by atoms with E-state index in [-0.39, 0.29) is 34.9 Å². The number of nitrogens with zero attached hydrogens (tertiary/aromatic N) is 6. The number of likely N-dealkylation sites (tertiary alicyclic amines) is 1. The molecule has 5 heterocycles. The summed E-state index contributed by atoms with van der Waals surface area (Å²) in [6.45, 7) is 10.1. The number of carbonyl (C=O) groups is 1. The van der Waals surface area contributed by atoms with Crippen LogP contribution in [0, 0.1) is 11.7 Å². The lowest BCUT2D eigenvalue weighted by molar-refractivity contribution is 0.0122. The molecule has 3 aromatic rings. The summed E-state index contributed by atoms with van der Waals surface area (Å²) < 4.78 is 27.0. The second-order valence-electron chi connectivity index (χ2n) is 12.6. The number of amides is 1. The van der Waals surface area contributed by atoms with Crippen molar-refractivity contribution in [3.63, 3.8) is 0 Å². The van der Waals surface area contributed by atoms with Crippen LogP contribution < -0.4 is 9.64 Å². The van der Waals surface area contributed by atoms with E-state index in [4.69, 9.17) is 26.1 Å². The molecule has 0 aliphatic carbocycles. The van der Waals surface area contributed by atoms with Gasteiger partial charge in [0.2, 0.25) is 0 Å². The van der Waals surface area contributed by atoms with Crippen LogP contribution in [-0.2, 0) is 11.3 Å². The van der Waals surface area contributed by atoms with Crippen molar-refractivity contribution in [1.29, 1.82) is 0 Å². The van der Waals surface area contributed by atoms with Gasteiger partial charge in [0.1, 0.15) is 16.9 Å². The molecule has 2 bridgehead atoms. The van der Waals surface area contributed by atoms with Crippen LogP contribution in [0.15, 0.2) is 36.5 Å². The number of piperidine rings is 1. The number of hydrogen-bond donors (Lipinski definition) is 0. The molecule has 2 unspecified atom stereocenters. The van der Waals surface area contributed by atoms with Crippen molar-refractivity contribution >= 4 is 34.4 Å². The molecule has 0 N–H and O–H groups in total. The number of carbonyl (C=O) groups excluding carboxylic acids is 1. The van der Waals surface area contributed by atoms with E-state index in [1.54, 1.807) is 0 Å². The highest BCUT2D eigenvalue weighted by Gasteiger charge is 2.45. The predicted octanol–water partition coefficient (Wildman–Crippen LogP) is 5.70. The Hall–Kier alpha value is -3.24. The Morgan fingerprint density at radius 3 is 2.40 bits per heavy atom. The fourth-order valence-electron chi connectivity index (χ4n) is 6.34.